The number of anilines is 1. The number of amides is 2. The first kappa shape index (κ1) is 22.8. The minimum atomic E-state index is 0.0755. The molecular formula is C27H35N5O2. The van der Waals surface area contributed by atoms with E-state index >= 15 is 0 Å². The van der Waals surface area contributed by atoms with Gasteiger partial charge < -0.3 is 9.80 Å². The van der Waals surface area contributed by atoms with Gasteiger partial charge in [-0.15, -0.1) is 6.58 Å². The number of benzene rings is 1. The van der Waals surface area contributed by atoms with E-state index in [1.165, 1.54) is 18.5 Å². The van der Waals surface area contributed by atoms with E-state index in [0.717, 1.165) is 63.0 Å². The minimum Gasteiger partial charge on any atom is -0.337 e. The van der Waals surface area contributed by atoms with Crippen molar-refractivity contribution in [2.45, 2.75) is 57.5 Å². The molecule has 0 radical (unpaired) electrons. The van der Waals surface area contributed by atoms with Crippen LogP contribution in [0, 0.1) is 0 Å². The van der Waals surface area contributed by atoms with Crippen LogP contribution in [0.25, 0.3) is 0 Å². The van der Waals surface area contributed by atoms with Gasteiger partial charge in [-0.2, -0.15) is 5.10 Å². The monoisotopic (exact) mass is 461 g/mol. The number of para-hydroxylation sites is 1. The molecule has 2 aliphatic heterocycles. The van der Waals surface area contributed by atoms with Crippen LogP contribution in [0.1, 0.15) is 53.8 Å². The Kier molecular flexibility index (Phi) is 6.81. The Morgan fingerprint density at radius 1 is 1.06 bits per heavy atom. The molecule has 2 fully saturated rings. The molecule has 0 bridgehead atoms. The molecule has 1 unspecified atom stereocenters. The van der Waals surface area contributed by atoms with E-state index in [0.29, 0.717) is 25.3 Å². The van der Waals surface area contributed by atoms with Crippen molar-refractivity contribution in [3.05, 3.63) is 59.9 Å². The van der Waals surface area contributed by atoms with Crippen molar-refractivity contribution >= 4 is 17.5 Å². The molecule has 7 nitrogen and oxygen atoms in total. The highest BCUT2D eigenvalue weighted by atomic mass is 16.2. The summed E-state index contributed by atoms with van der Waals surface area (Å²) in [5.74, 6) is 0.220. The molecule has 1 atom stereocenters. The van der Waals surface area contributed by atoms with Crippen LogP contribution >= 0.6 is 0 Å². The number of piperazine rings is 1. The first-order valence-electron chi connectivity index (χ1n) is 12.7. The quantitative estimate of drug-likeness (QED) is 0.641. The summed E-state index contributed by atoms with van der Waals surface area (Å²) in [7, 11) is 0. The van der Waals surface area contributed by atoms with Gasteiger partial charge in [-0.25, -0.2) is 0 Å². The van der Waals surface area contributed by atoms with Crippen LogP contribution in [0.2, 0.25) is 0 Å². The second-order valence-electron chi connectivity index (χ2n) is 9.70. The highest BCUT2D eigenvalue weighted by Crippen LogP contribution is 2.30. The fourth-order valence-electron chi connectivity index (χ4n) is 5.73. The van der Waals surface area contributed by atoms with E-state index < -0.39 is 0 Å². The molecule has 1 aliphatic carbocycles. The van der Waals surface area contributed by atoms with E-state index in [1.807, 2.05) is 50.9 Å². The molecule has 7 heteroatoms. The van der Waals surface area contributed by atoms with Gasteiger partial charge in [0.05, 0.1) is 13.1 Å². The highest BCUT2D eigenvalue weighted by molar-refractivity contribution is 5.96. The third-order valence-electron chi connectivity index (χ3n) is 7.55. The second-order valence-corrected chi connectivity index (χ2v) is 9.70. The van der Waals surface area contributed by atoms with E-state index in [1.54, 1.807) is 0 Å². The van der Waals surface area contributed by atoms with Crippen LogP contribution in [0.5, 0.6) is 0 Å². The zero-order valence-electron chi connectivity index (χ0n) is 20.0. The lowest BCUT2D eigenvalue weighted by Gasteiger charge is -2.40. The van der Waals surface area contributed by atoms with Crippen LogP contribution in [-0.4, -0.2) is 70.2 Å². The second kappa shape index (κ2) is 10.1. The largest absolute Gasteiger partial charge is 0.337 e. The lowest BCUT2D eigenvalue weighted by Crippen LogP contribution is -2.54. The summed E-state index contributed by atoms with van der Waals surface area (Å²) in [4.78, 5) is 32.7. The smallest absolute Gasteiger partial charge is 0.274 e. The highest BCUT2D eigenvalue weighted by Gasteiger charge is 2.36. The summed E-state index contributed by atoms with van der Waals surface area (Å²) in [6.45, 7) is 8.11. The summed E-state index contributed by atoms with van der Waals surface area (Å²) in [5, 5.41) is 4.79. The summed E-state index contributed by atoms with van der Waals surface area (Å²) >= 11 is 0. The van der Waals surface area contributed by atoms with Crippen molar-refractivity contribution in [1.29, 1.82) is 0 Å². The number of hydrogen-bond acceptors (Lipinski definition) is 4. The van der Waals surface area contributed by atoms with Gasteiger partial charge in [0.2, 0.25) is 5.91 Å². The van der Waals surface area contributed by atoms with Crippen LogP contribution in [0.3, 0.4) is 0 Å². The van der Waals surface area contributed by atoms with Gasteiger partial charge in [0, 0.05) is 49.2 Å². The van der Waals surface area contributed by atoms with Crippen molar-refractivity contribution in [3.63, 3.8) is 0 Å². The van der Waals surface area contributed by atoms with Gasteiger partial charge in [0.25, 0.3) is 5.91 Å². The van der Waals surface area contributed by atoms with Crippen LogP contribution in [0.4, 0.5) is 5.69 Å². The lowest BCUT2D eigenvalue weighted by molar-refractivity contribution is -0.122. The molecule has 1 aromatic heterocycles. The lowest BCUT2D eigenvalue weighted by atomic mass is 9.89. The third-order valence-corrected chi connectivity index (χ3v) is 7.55. The van der Waals surface area contributed by atoms with Gasteiger partial charge in [-0.05, 0) is 44.2 Å². The molecule has 5 rings (SSSR count). The van der Waals surface area contributed by atoms with Crippen LogP contribution < -0.4 is 4.90 Å². The zero-order valence-corrected chi connectivity index (χ0v) is 20.0. The number of hydrogen-bond donors (Lipinski definition) is 0. The summed E-state index contributed by atoms with van der Waals surface area (Å²) in [6, 6.07) is 10.2. The molecular weight excluding hydrogens is 426 g/mol. The van der Waals surface area contributed by atoms with Crippen LogP contribution in [-0.2, 0) is 24.2 Å². The normalized spacial score (nSPS) is 21.8. The van der Waals surface area contributed by atoms with Gasteiger partial charge in [0.15, 0.2) is 5.69 Å². The first-order chi connectivity index (χ1) is 16.7. The van der Waals surface area contributed by atoms with Crippen molar-refractivity contribution in [2.75, 3.05) is 37.6 Å². The summed E-state index contributed by atoms with van der Waals surface area (Å²) in [6.07, 6.45) is 9.00. The standard InChI is InChI=1S/C27H35N5O2/c1-2-14-32-24-13-12-22(30-17-18-31(25(33)20-30)21-10-6-5-7-11-21)19-23(24)26(28-32)27(34)29-15-8-3-4-9-16-29/h2,5-7,10-11,22H,1,3-4,8-9,12-20H2. The molecule has 180 valence electrons. The minimum absolute atomic E-state index is 0.0755. The molecule has 2 saturated heterocycles. The Labute approximate surface area is 202 Å². The molecule has 0 N–H and O–H groups in total. The Morgan fingerprint density at radius 3 is 2.53 bits per heavy atom. The maximum absolute atomic E-state index is 13.5. The molecule has 34 heavy (non-hydrogen) atoms. The van der Waals surface area contributed by atoms with E-state index in [-0.39, 0.29) is 17.9 Å². The fraction of sp³-hybridized carbons (Fsp3) is 0.519. The van der Waals surface area contributed by atoms with E-state index in [9.17, 15) is 9.59 Å². The van der Waals surface area contributed by atoms with Crippen molar-refractivity contribution in [2.24, 2.45) is 0 Å². The molecule has 2 aromatic rings. The first-order valence-corrected chi connectivity index (χ1v) is 12.7. The van der Waals surface area contributed by atoms with Crippen molar-refractivity contribution < 1.29 is 9.59 Å². The van der Waals surface area contributed by atoms with Gasteiger partial charge in [-0.3, -0.25) is 19.2 Å². The Bertz CT molecular complexity index is 1040. The Morgan fingerprint density at radius 2 is 1.82 bits per heavy atom. The Hall–Kier alpha value is -2.93. The van der Waals surface area contributed by atoms with Gasteiger partial charge in [-0.1, -0.05) is 37.1 Å². The number of allylic oxidation sites excluding steroid dienone is 1. The number of carbonyl (C=O) groups is 2. The average Bonchev–Trinajstić information content (AvgIpc) is 3.03. The maximum Gasteiger partial charge on any atom is 0.274 e. The SMILES string of the molecule is C=CCn1nc(C(=O)N2CCCCCC2)c2c1CCC(N1CCN(c3ccccc3)C(=O)C1)C2. The molecule has 1 aromatic carbocycles. The Balaban J connectivity index is 1.34. The predicted molar refractivity (Wildman–Crippen MR) is 133 cm³/mol. The van der Waals surface area contributed by atoms with Crippen LogP contribution in [0.15, 0.2) is 43.0 Å². The van der Waals surface area contributed by atoms with Gasteiger partial charge >= 0.3 is 0 Å². The molecule has 3 aliphatic rings. The zero-order chi connectivity index (χ0) is 23.5. The third kappa shape index (κ3) is 4.53. The summed E-state index contributed by atoms with van der Waals surface area (Å²) in [5.41, 5.74) is 3.85. The molecule has 0 spiro atoms. The topological polar surface area (TPSA) is 61.7 Å². The molecule has 2 amide bonds. The van der Waals surface area contributed by atoms with Crippen molar-refractivity contribution in [3.8, 4) is 0 Å². The number of aromatic nitrogens is 2. The number of fused-ring (bicyclic) bond motifs is 1. The molecule has 3 heterocycles. The number of likely N-dealkylation sites (tertiary alicyclic amines) is 1. The molecule has 0 saturated carbocycles. The summed E-state index contributed by atoms with van der Waals surface area (Å²) < 4.78 is 1.97. The number of rotatable bonds is 5. The van der Waals surface area contributed by atoms with Gasteiger partial charge in [0.1, 0.15) is 0 Å². The van der Waals surface area contributed by atoms with E-state index in [4.69, 9.17) is 5.10 Å². The van der Waals surface area contributed by atoms with Crippen molar-refractivity contribution in [1.82, 2.24) is 19.6 Å². The number of nitrogens with zero attached hydrogens (tertiary/aromatic N) is 5. The number of carbonyl (C=O) groups excluding carboxylic acids is 2. The average molecular weight is 462 g/mol. The fourth-order valence-corrected chi connectivity index (χ4v) is 5.73. The maximum atomic E-state index is 13.5. The van der Waals surface area contributed by atoms with E-state index in [2.05, 4.69) is 11.5 Å². The predicted octanol–water partition coefficient (Wildman–Crippen LogP) is 3.29.